The summed E-state index contributed by atoms with van der Waals surface area (Å²) in [6.07, 6.45) is 0.899. The highest BCUT2D eigenvalue weighted by molar-refractivity contribution is 5.34. The molecule has 0 saturated carbocycles. The molecule has 1 atom stereocenters. The smallest absolute Gasteiger partial charge is 0.127 e. The van der Waals surface area contributed by atoms with Crippen molar-refractivity contribution in [2.24, 2.45) is 5.73 Å². The summed E-state index contributed by atoms with van der Waals surface area (Å²) in [6, 6.07) is 6.05. The van der Waals surface area contributed by atoms with Gasteiger partial charge >= 0.3 is 0 Å². The molecule has 1 aromatic carbocycles. The lowest BCUT2D eigenvalue weighted by Crippen LogP contribution is -2.35. The molecule has 1 aromatic rings. The maximum absolute atomic E-state index is 14.2. The largest absolute Gasteiger partial charge is 0.328 e. The molecule has 1 unspecified atom stereocenters. The number of nitrogens with two attached hydrogens (primary N) is 1. The Morgan fingerprint density at radius 3 is 2.20 bits per heavy atom. The quantitative estimate of drug-likeness (QED) is 0.810. The van der Waals surface area contributed by atoms with Crippen LogP contribution in [0.15, 0.2) is 18.2 Å². The van der Waals surface area contributed by atoms with Crippen molar-refractivity contribution in [2.45, 2.75) is 39.3 Å². The van der Waals surface area contributed by atoms with E-state index in [9.17, 15) is 4.39 Å². The molecule has 0 fully saturated rings. The summed E-state index contributed by atoms with van der Waals surface area (Å²) >= 11 is 0. The van der Waals surface area contributed by atoms with Gasteiger partial charge in [-0.25, -0.2) is 4.39 Å². The number of benzene rings is 1. The Morgan fingerprint density at radius 2 is 1.80 bits per heavy atom. The minimum atomic E-state index is -1.25. The Kier molecular flexibility index (Phi) is 3.86. The van der Waals surface area contributed by atoms with E-state index in [0.717, 1.165) is 16.7 Å². The third-order valence-corrected chi connectivity index (χ3v) is 3.14. The highest BCUT2D eigenvalue weighted by Crippen LogP contribution is 2.24. The SMILES string of the molecule is CCC(F)(CN)Cc1c(C)cccc1C. The van der Waals surface area contributed by atoms with Crippen LogP contribution in [-0.2, 0) is 6.42 Å². The first-order chi connectivity index (χ1) is 7.02. The molecule has 15 heavy (non-hydrogen) atoms. The van der Waals surface area contributed by atoms with Crippen molar-refractivity contribution in [1.82, 2.24) is 0 Å². The highest BCUT2D eigenvalue weighted by Gasteiger charge is 2.27. The zero-order chi connectivity index (χ0) is 11.5. The predicted molar refractivity (Wildman–Crippen MR) is 62.8 cm³/mol. The lowest BCUT2D eigenvalue weighted by Gasteiger charge is -2.23. The number of hydrogen-bond acceptors (Lipinski definition) is 1. The van der Waals surface area contributed by atoms with Crippen LogP contribution in [0.1, 0.15) is 30.0 Å². The van der Waals surface area contributed by atoms with E-state index in [1.54, 1.807) is 0 Å². The van der Waals surface area contributed by atoms with Gasteiger partial charge in [-0.2, -0.15) is 0 Å². The molecule has 1 rings (SSSR count). The van der Waals surface area contributed by atoms with Crippen molar-refractivity contribution in [3.8, 4) is 0 Å². The molecule has 84 valence electrons. The van der Waals surface area contributed by atoms with Crippen molar-refractivity contribution >= 4 is 0 Å². The van der Waals surface area contributed by atoms with Crippen LogP contribution in [0.4, 0.5) is 4.39 Å². The van der Waals surface area contributed by atoms with Gasteiger partial charge in [0.2, 0.25) is 0 Å². The normalized spacial score (nSPS) is 15.0. The second-order valence-corrected chi connectivity index (χ2v) is 4.26. The van der Waals surface area contributed by atoms with Gasteiger partial charge in [-0.05, 0) is 37.0 Å². The molecule has 0 aliphatic rings. The molecule has 0 heterocycles. The monoisotopic (exact) mass is 209 g/mol. The van der Waals surface area contributed by atoms with E-state index in [1.165, 1.54) is 0 Å². The van der Waals surface area contributed by atoms with Crippen molar-refractivity contribution in [2.75, 3.05) is 6.54 Å². The zero-order valence-electron chi connectivity index (χ0n) is 9.81. The summed E-state index contributed by atoms with van der Waals surface area (Å²) in [4.78, 5) is 0. The minimum absolute atomic E-state index is 0.0945. The van der Waals surface area contributed by atoms with Gasteiger partial charge in [0.1, 0.15) is 5.67 Å². The summed E-state index contributed by atoms with van der Waals surface area (Å²) in [7, 11) is 0. The summed E-state index contributed by atoms with van der Waals surface area (Å²) in [5.41, 5.74) is 7.64. The summed E-state index contributed by atoms with van der Waals surface area (Å²) in [5.74, 6) is 0. The van der Waals surface area contributed by atoms with Gasteiger partial charge in [0.15, 0.2) is 0 Å². The van der Waals surface area contributed by atoms with Crippen molar-refractivity contribution in [1.29, 1.82) is 0 Å². The molecule has 0 bridgehead atoms. The lowest BCUT2D eigenvalue weighted by atomic mass is 9.89. The minimum Gasteiger partial charge on any atom is -0.328 e. The molecule has 2 N–H and O–H groups in total. The van der Waals surface area contributed by atoms with E-state index in [4.69, 9.17) is 5.73 Å². The Labute approximate surface area is 91.5 Å². The Morgan fingerprint density at radius 1 is 1.27 bits per heavy atom. The molecule has 0 aliphatic heterocycles. The molecule has 0 radical (unpaired) electrons. The zero-order valence-corrected chi connectivity index (χ0v) is 9.81. The average Bonchev–Trinajstić information content (AvgIpc) is 2.23. The van der Waals surface area contributed by atoms with Gasteiger partial charge in [-0.1, -0.05) is 25.1 Å². The third kappa shape index (κ3) is 2.78. The Balaban J connectivity index is 2.98. The summed E-state index contributed by atoms with van der Waals surface area (Å²) < 4.78 is 14.2. The molecule has 0 aromatic heterocycles. The Bertz CT molecular complexity index is 309. The van der Waals surface area contributed by atoms with Gasteiger partial charge in [0.05, 0.1) is 0 Å². The first kappa shape index (κ1) is 12.2. The predicted octanol–water partition coefficient (Wildman–Crippen LogP) is 2.92. The van der Waals surface area contributed by atoms with Crippen molar-refractivity contribution in [3.63, 3.8) is 0 Å². The number of halogens is 1. The van der Waals surface area contributed by atoms with Crippen LogP contribution in [-0.4, -0.2) is 12.2 Å². The molecular weight excluding hydrogens is 189 g/mol. The highest BCUT2D eigenvalue weighted by atomic mass is 19.1. The fourth-order valence-corrected chi connectivity index (χ4v) is 1.79. The van der Waals surface area contributed by atoms with E-state index < -0.39 is 5.67 Å². The van der Waals surface area contributed by atoms with Crippen LogP contribution in [0.2, 0.25) is 0 Å². The van der Waals surface area contributed by atoms with Gasteiger partial charge in [-0.3, -0.25) is 0 Å². The first-order valence-electron chi connectivity index (χ1n) is 5.46. The number of alkyl halides is 1. The number of hydrogen-bond donors (Lipinski definition) is 1. The standard InChI is InChI=1S/C13H20FN/c1-4-13(14,9-15)8-12-10(2)6-5-7-11(12)3/h5-7H,4,8-9,15H2,1-3H3. The molecule has 0 amide bonds. The molecule has 0 spiro atoms. The summed E-state index contributed by atoms with van der Waals surface area (Å²) in [5, 5.41) is 0. The first-order valence-corrected chi connectivity index (χ1v) is 5.46. The average molecular weight is 209 g/mol. The van der Waals surface area contributed by atoms with Crippen LogP contribution < -0.4 is 5.73 Å². The maximum atomic E-state index is 14.2. The van der Waals surface area contributed by atoms with Gasteiger partial charge in [-0.15, -0.1) is 0 Å². The third-order valence-electron chi connectivity index (χ3n) is 3.14. The lowest BCUT2D eigenvalue weighted by molar-refractivity contribution is 0.167. The van der Waals surface area contributed by atoms with Crippen LogP contribution in [0.25, 0.3) is 0 Å². The molecular formula is C13H20FN. The topological polar surface area (TPSA) is 26.0 Å². The Hall–Kier alpha value is -0.890. The number of aryl methyl sites for hydroxylation is 2. The van der Waals surface area contributed by atoms with Crippen LogP contribution in [0.3, 0.4) is 0 Å². The van der Waals surface area contributed by atoms with E-state index in [2.05, 4.69) is 0 Å². The number of rotatable bonds is 4. The summed E-state index contributed by atoms with van der Waals surface area (Å²) in [6.45, 7) is 5.99. The van der Waals surface area contributed by atoms with Gasteiger partial charge in [0.25, 0.3) is 0 Å². The van der Waals surface area contributed by atoms with Crippen LogP contribution in [0, 0.1) is 13.8 Å². The van der Waals surface area contributed by atoms with E-state index in [0.29, 0.717) is 12.8 Å². The van der Waals surface area contributed by atoms with Crippen LogP contribution in [0.5, 0.6) is 0 Å². The van der Waals surface area contributed by atoms with Gasteiger partial charge < -0.3 is 5.73 Å². The fourth-order valence-electron chi connectivity index (χ4n) is 1.79. The molecule has 0 saturated heterocycles. The molecule has 1 nitrogen and oxygen atoms in total. The molecule has 2 heteroatoms. The molecule has 0 aliphatic carbocycles. The van der Waals surface area contributed by atoms with Gasteiger partial charge in [0, 0.05) is 13.0 Å². The second kappa shape index (κ2) is 4.75. The van der Waals surface area contributed by atoms with E-state index in [1.807, 2.05) is 39.0 Å². The van der Waals surface area contributed by atoms with E-state index >= 15 is 0 Å². The van der Waals surface area contributed by atoms with Crippen molar-refractivity contribution < 1.29 is 4.39 Å². The second-order valence-electron chi connectivity index (χ2n) is 4.26. The maximum Gasteiger partial charge on any atom is 0.127 e. The van der Waals surface area contributed by atoms with Crippen molar-refractivity contribution in [3.05, 3.63) is 34.9 Å². The van der Waals surface area contributed by atoms with Crippen LogP contribution >= 0.6 is 0 Å². The van der Waals surface area contributed by atoms with E-state index in [-0.39, 0.29) is 6.54 Å². The fraction of sp³-hybridized carbons (Fsp3) is 0.538.